The summed E-state index contributed by atoms with van der Waals surface area (Å²) in [5.41, 5.74) is 0.606. The lowest BCUT2D eigenvalue weighted by atomic mass is 9.85. The second kappa shape index (κ2) is 7.52. The van der Waals surface area contributed by atoms with Crippen LogP contribution in [-0.2, 0) is 0 Å². The molecule has 21 heavy (non-hydrogen) atoms. The Morgan fingerprint density at radius 3 is 2.86 bits per heavy atom. The van der Waals surface area contributed by atoms with E-state index >= 15 is 0 Å². The lowest BCUT2D eigenvalue weighted by Crippen LogP contribution is -2.45. The number of benzene rings is 1. The minimum atomic E-state index is -0.276. The van der Waals surface area contributed by atoms with Crippen LogP contribution in [0.15, 0.2) is 18.2 Å². The van der Waals surface area contributed by atoms with Gasteiger partial charge < -0.3 is 20.5 Å². The number of amides is 2. The SMILES string of the molecule is COc1ccc(NC(=O)NC2CCCCC2CO)cc1Cl. The number of aliphatic hydroxyl groups is 1. The first kappa shape index (κ1) is 15.9. The van der Waals surface area contributed by atoms with Crippen molar-refractivity contribution in [3.63, 3.8) is 0 Å². The van der Waals surface area contributed by atoms with Gasteiger partial charge in [0.05, 0.1) is 12.1 Å². The zero-order chi connectivity index (χ0) is 15.2. The lowest BCUT2D eigenvalue weighted by molar-refractivity contribution is 0.156. The molecule has 0 aromatic heterocycles. The van der Waals surface area contributed by atoms with Crippen molar-refractivity contribution in [1.82, 2.24) is 5.32 Å². The highest BCUT2D eigenvalue weighted by Gasteiger charge is 2.25. The third kappa shape index (κ3) is 4.25. The van der Waals surface area contributed by atoms with E-state index in [1.54, 1.807) is 25.3 Å². The minimum Gasteiger partial charge on any atom is -0.495 e. The maximum absolute atomic E-state index is 12.0. The smallest absolute Gasteiger partial charge is 0.319 e. The number of methoxy groups -OCH3 is 1. The number of carbonyl (C=O) groups is 1. The van der Waals surface area contributed by atoms with Crippen molar-refractivity contribution in [3.05, 3.63) is 23.2 Å². The third-order valence-electron chi connectivity index (χ3n) is 3.87. The Morgan fingerprint density at radius 1 is 1.43 bits per heavy atom. The number of ether oxygens (including phenoxy) is 1. The van der Waals surface area contributed by atoms with E-state index in [4.69, 9.17) is 16.3 Å². The van der Waals surface area contributed by atoms with Gasteiger partial charge in [-0.25, -0.2) is 4.79 Å². The third-order valence-corrected chi connectivity index (χ3v) is 4.17. The molecule has 1 aromatic rings. The van der Waals surface area contributed by atoms with Crippen LogP contribution in [0.4, 0.5) is 10.5 Å². The van der Waals surface area contributed by atoms with Crippen LogP contribution in [0.25, 0.3) is 0 Å². The number of halogens is 1. The topological polar surface area (TPSA) is 70.6 Å². The quantitative estimate of drug-likeness (QED) is 0.800. The van der Waals surface area contributed by atoms with E-state index in [2.05, 4.69) is 10.6 Å². The summed E-state index contributed by atoms with van der Waals surface area (Å²) in [5.74, 6) is 0.708. The van der Waals surface area contributed by atoms with E-state index in [0.717, 1.165) is 25.7 Å². The van der Waals surface area contributed by atoms with Gasteiger partial charge in [0, 0.05) is 24.3 Å². The Labute approximate surface area is 129 Å². The van der Waals surface area contributed by atoms with Crippen LogP contribution in [0.2, 0.25) is 5.02 Å². The molecular formula is C15H21ClN2O3. The average molecular weight is 313 g/mol. The zero-order valence-corrected chi connectivity index (χ0v) is 12.8. The van der Waals surface area contributed by atoms with Crippen LogP contribution in [-0.4, -0.2) is 30.9 Å². The van der Waals surface area contributed by atoms with Gasteiger partial charge in [-0.2, -0.15) is 0 Å². The minimum absolute atomic E-state index is 0.0254. The normalized spacial score (nSPS) is 21.7. The van der Waals surface area contributed by atoms with Gasteiger partial charge in [0.25, 0.3) is 0 Å². The largest absolute Gasteiger partial charge is 0.495 e. The molecule has 116 valence electrons. The molecule has 0 heterocycles. The molecule has 0 aliphatic heterocycles. The molecule has 2 atom stereocenters. The maximum Gasteiger partial charge on any atom is 0.319 e. The van der Waals surface area contributed by atoms with Crippen LogP contribution in [0.1, 0.15) is 25.7 Å². The summed E-state index contributed by atoms with van der Waals surface area (Å²) in [6.07, 6.45) is 4.05. The van der Waals surface area contributed by atoms with E-state index in [1.807, 2.05) is 0 Å². The van der Waals surface area contributed by atoms with E-state index in [9.17, 15) is 9.90 Å². The molecule has 3 N–H and O–H groups in total. The first-order valence-electron chi connectivity index (χ1n) is 7.16. The molecule has 2 unspecified atom stereocenters. The van der Waals surface area contributed by atoms with Crippen molar-refractivity contribution in [2.75, 3.05) is 19.0 Å². The number of hydrogen-bond donors (Lipinski definition) is 3. The van der Waals surface area contributed by atoms with Gasteiger partial charge in [-0.1, -0.05) is 24.4 Å². The first-order valence-corrected chi connectivity index (χ1v) is 7.53. The summed E-state index contributed by atoms with van der Waals surface area (Å²) in [5, 5.41) is 15.5. The fourth-order valence-electron chi connectivity index (χ4n) is 2.70. The molecule has 1 aromatic carbocycles. The van der Waals surface area contributed by atoms with Crippen LogP contribution in [0.3, 0.4) is 0 Å². The average Bonchev–Trinajstić information content (AvgIpc) is 2.48. The predicted molar refractivity (Wildman–Crippen MR) is 83.0 cm³/mol. The fraction of sp³-hybridized carbons (Fsp3) is 0.533. The van der Waals surface area contributed by atoms with Crippen molar-refractivity contribution in [3.8, 4) is 5.75 Å². The molecule has 1 aliphatic rings. The summed E-state index contributed by atoms with van der Waals surface area (Å²) in [6, 6.07) is 4.83. The molecule has 1 fully saturated rings. The standard InChI is InChI=1S/C15H21ClN2O3/c1-21-14-7-6-11(8-12(14)16)17-15(20)18-13-5-3-2-4-10(13)9-19/h6-8,10,13,19H,2-5,9H2,1H3,(H2,17,18,20). The molecule has 5 nitrogen and oxygen atoms in total. The number of urea groups is 1. The van der Waals surface area contributed by atoms with Crippen molar-refractivity contribution >= 4 is 23.3 Å². The zero-order valence-electron chi connectivity index (χ0n) is 12.1. The monoisotopic (exact) mass is 312 g/mol. The summed E-state index contributed by atoms with van der Waals surface area (Å²) in [4.78, 5) is 12.0. The summed E-state index contributed by atoms with van der Waals surface area (Å²) in [6.45, 7) is 0.110. The molecule has 0 saturated heterocycles. The van der Waals surface area contributed by atoms with Gasteiger partial charge in [-0.05, 0) is 31.0 Å². The van der Waals surface area contributed by atoms with Crippen molar-refractivity contribution in [2.45, 2.75) is 31.7 Å². The molecule has 6 heteroatoms. The molecule has 2 rings (SSSR count). The van der Waals surface area contributed by atoms with E-state index in [1.165, 1.54) is 0 Å². The summed E-state index contributed by atoms with van der Waals surface area (Å²) < 4.78 is 5.07. The number of nitrogens with one attached hydrogen (secondary N) is 2. The number of rotatable bonds is 4. The van der Waals surface area contributed by atoms with E-state index in [-0.39, 0.29) is 24.6 Å². The molecule has 0 spiro atoms. The summed E-state index contributed by atoms with van der Waals surface area (Å²) in [7, 11) is 1.54. The van der Waals surface area contributed by atoms with Crippen molar-refractivity contribution in [2.24, 2.45) is 5.92 Å². The Bertz CT molecular complexity index is 496. The number of aliphatic hydroxyl groups excluding tert-OH is 1. The predicted octanol–water partition coefficient (Wildman–Crippen LogP) is 3.02. The van der Waals surface area contributed by atoms with Crippen LogP contribution in [0, 0.1) is 5.92 Å². The van der Waals surface area contributed by atoms with Gasteiger partial charge in [0.15, 0.2) is 0 Å². The van der Waals surface area contributed by atoms with E-state index < -0.39 is 0 Å². The van der Waals surface area contributed by atoms with Gasteiger partial charge >= 0.3 is 6.03 Å². The van der Waals surface area contributed by atoms with Crippen LogP contribution in [0.5, 0.6) is 5.75 Å². The molecule has 0 radical (unpaired) electrons. The highest BCUT2D eigenvalue weighted by Crippen LogP contribution is 2.27. The Morgan fingerprint density at radius 2 is 2.19 bits per heavy atom. The molecule has 1 aliphatic carbocycles. The van der Waals surface area contributed by atoms with Crippen LogP contribution >= 0.6 is 11.6 Å². The molecular weight excluding hydrogens is 292 g/mol. The van der Waals surface area contributed by atoms with E-state index in [0.29, 0.717) is 16.5 Å². The van der Waals surface area contributed by atoms with Gasteiger partial charge in [0.1, 0.15) is 5.75 Å². The van der Waals surface area contributed by atoms with Crippen molar-refractivity contribution < 1.29 is 14.6 Å². The first-order chi connectivity index (χ1) is 10.1. The Hall–Kier alpha value is -1.46. The number of carbonyl (C=O) groups excluding carboxylic acids is 1. The molecule has 2 amide bonds. The highest BCUT2D eigenvalue weighted by atomic mass is 35.5. The van der Waals surface area contributed by atoms with Crippen molar-refractivity contribution in [1.29, 1.82) is 0 Å². The van der Waals surface area contributed by atoms with Gasteiger partial charge in [-0.15, -0.1) is 0 Å². The van der Waals surface area contributed by atoms with Crippen LogP contribution < -0.4 is 15.4 Å². The Balaban J connectivity index is 1.93. The second-order valence-electron chi connectivity index (χ2n) is 5.28. The second-order valence-corrected chi connectivity index (χ2v) is 5.69. The lowest BCUT2D eigenvalue weighted by Gasteiger charge is -2.30. The fourth-order valence-corrected chi connectivity index (χ4v) is 2.95. The van der Waals surface area contributed by atoms with Gasteiger partial charge in [0.2, 0.25) is 0 Å². The number of anilines is 1. The number of hydrogen-bond acceptors (Lipinski definition) is 3. The highest BCUT2D eigenvalue weighted by molar-refractivity contribution is 6.32. The molecule has 0 bridgehead atoms. The maximum atomic E-state index is 12.0. The van der Waals surface area contributed by atoms with Gasteiger partial charge in [-0.3, -0.25) is 0 Å². The molecule has 1 saturated carbocycles. The summed E-state index contributed by atoms with van der Waals surface area (Å²) >= 11 is 6.02. The Kier molecular flexibility index (Phi) is 5.70.